The van der Waals surface area contributed by atoms with Crippen LogP contribution in [0.1, 0.15) is 15.9 Å². The maximum atomic E-state index is 12.1. The molecule has 5 nitrogen and oxygen atoms in total. The first-order valence-corrected chi connectivity index (χ1v) is 4.36. The molecule has 0 saturated carbocycles. The second-order valence-electron chi connectivity index (χ2n) is 2.92. The van der Waals surface area contributed by atoms with E-state index in [2.05, 4.69) is 9.47 Å². The van der Waals surface area contributed by atoms with Crippen LogP contribution in [0.2, 0.25) is 0 Å². The molecule has 17 heavy (non-hydrogen) atoms. The number of nitrogen functional groups attached to an aromatic ring is 1. The maximum absolute atomic E-state index is 12.1. The number of anilines is 1. The Morgan fingerprint density at radius 2 is 2.18 bits per heavy atom. The van der Waals surface area contributed by atoms with Crippen molar-refractivity contribution in [3.8, 4) is 11.8 Å². The molecule has 0 amide bonds. The number of halogens is 2. The van der Waals surface area contributed by atoms with Gasteiger partial charge in [-0.1, -0.05) is 0 Å². The van der Waals surface area contributed by atoms with Crippen molar-refractivity contribution in [3.05, 3.63) is 23.3 Å². The van der Waals surface area contributed by atoms with E-state index in [-0.39, 0.29) is 16.8 Å². The van der Waals surface area contributed by atoms with E-state index in [1.165, 1.54) is 0 Å². The van der Waals surface area contributed by atoms with Crippen LogP contribution in [0.3, 0.4) is 0 Å². The summed E-state index contributed by atoms with van der Waals surface area (Å²) < 4.78 is 32.8. The molecule has 0 heterocycles. The van der Waals surface area contributed by atoms with E-state index in [0.717, 1.165) is 19.2 Å². The van der Waals surface area contributed by atoms with E-state index in [0.29, 0.717) is 0 Å². The predicted molar refractivity (Wildman–Crippen MR) is 53.5 cm³/mol. The van der Waals surface area contributed by atoms with Gasteiger partial charge in [-0.05, 0) is 12.1 Å². The third-order valence-electron chi connectivity index (χ3n) is 1.86. The summed E-state index contributed by atoms with van der Waals surface area (Å²) in [5.74, 6) is -1.41. The molecule has 1 aromatic rings. The highest BCUT2D eigenvalue weighted by Gasteiger charge is 2.20. The Labute approximate surface area is 95.3 Å². The number of carbonyl (C=O) groups is 1. The molecule has 1 rings (SSSR count). The number of hydrogen-bond acceptors (Lipinski definition) is 5. The average molecular weight is 242 g/mol. The van der Waals surface area contributed by atoms with Crippen LogP contribution in [0.25, 0.3) is 0 Å². The second kappa shape index (κ2) is 5.12. The minimum absolute atomic E-state index is 0.0458. The molecule has 0 bridgehead atoms. The fourth-order valence-electron chi connectivity index (χ4n) is 1.20. The number of ether oxygens (including phenoxy) is 2. The van der Waals surface area contributed by atoms with Crippen molar-refractivity contribution in [1.29, 1.82) is 5.26 Å². The van der Waals surface area contributed by atoms with Crippen LogP contribution < -0.4 is 10.5 Å². The van der Waals surface area contributed by atoms with E-state index in [1.54, 1.807) is 6.07 Å². The molecule has 0 unspecified atom stereocenters. The van der Waals surface area contributed by atoms with Gasteiger partial charge in [0, 0.05) is 0 Å². The van der Waals surface area contributed by atoms with Gasteiger partial charge in [-0.3, -0.25) is 0 Å². The van der Waals surface area contributed by atoms with Gasteiger partial charge in [-0.15, -0.1) is 0 Å². The topological polar surface area (TPSA) is 85.3 Å². The van der Waals surface area contributed by atoms with E-state index in [1.807, 2.05) is 0 Å². The largest absolute Gasteiger partial charge is 0.465 e. The van der Waals surface area contributed by atoms with Gasteiger partial charge in [0.2, 0.25) is 0 Å². The molecular weight excluding hydrogens is 234 g/mol. The zero-order chi connectivity index (χ0) is 13.0. The summed E-state index contributed by atoms with van der Waals surface area (Å²) in [7, 11) is 1.07. The van der Waals surface area contributed by atoms with Crippen molar-refractivity contribution in [2.24, 2.45) is 0 Å². The summed E-state index contributed by atoms with van der Waals surface area (Å²) >= 11 is 0. The highest BCUT2D eigenvalue weighted by molar-refractivity contribution is 5.95. The number of methoxy groups -OCH3 is 1. The lowest BCUT2D eigenvalue weighted by atomic mass is 10.1. The molecule has 7 heteroatoms. The first kappa shape index (κ1) is 12.7. The Bertz CT molecular complexity index is 483. The molecule has 0 radical (unpaired) electrons. The standard InChI is InChI=1S/C10H8F2N2O3/c1-16-9(15)6-2-5(4-13)3-7(14)8(6)17-10(11)12/h2-3,10H,14H2,1H3. The van der Waals surface area contributed by atoms with Gasteiger partial charge in [0.25, 0.3) is 0 Å². The van der Waals surface area contributed by atoms with E-state index in [4.69, 9.17) is 11.0 Å². The fourth-order valence-corrected chi connectivity index (χ4v) is 1.20. The van der Waals surface area contributed by atoms with Gasteiger partial charge in [0.1, 0.15) is 5.56 Å². The van der Waals surface area contributed by atoms with E-state index < -0.39 is 18.3 Å². The highest BCUT2D eigenvalue weighted by atomic mass is 19.3. The summed E-state index contributed by atoms with van der Waals surface area (Å²) in [6, 6.07) is 3.94. The smallest absolute Gasteiger partial charge is 0.387 e. The van der Waals surface area contributed by atoms with Crippen LogP contribution in [0, 0.1) is 11.3 Å². The zero-order valence-electron chi connectivity index (χ0n) is 8.74. The first-order valence-electron chi connectivity index (χ1n) is 4.36. The molecule has 90 valence electrons. The summed E-state index contributed by atoms with van der Waals surface area (Å²) in [4.78, 5) is 11.3. The van der Waals surface area contributed by atoms with Gasteiger partial charge >= 0.3 is 12.6 Å². The molecule has 0 aliphatic carbocycles. The fraction of sp³-hybridized carbons (Fsp3) is 0.200. The SMILES string of the molecule is COC(=O)c1cc(C#N)cc(N)c1OC(F)F. The van der Waals surface area contributed by atoms with Crippen LogP contribution in [0.15, 0.2) is 12.1 Å². The number of hydrogen-bond donors (Lipinski definition) is 1. The number of nitriles is 1. The number of nitrogens with two attached hydrogens (primary N) is 1. The number of benzene rings is 1. The van der Waals surface area contributed by atoms with Crippen LogP contribution in [0.5, 0.6) is 5.75 Å². The third-order valence-corrected chi connectivity index (χ3v) is 1.86. The molecule has 0 fully saturated rings. The normalized spacial score (nSPS) is 9.82. The maximum Gasteiger partial charge on any atom is 0.387 e. The van der Waals surface area contributed by atoms with Gasteiger partial charge in [0.15, 0.2) is 5.75 Å². The molecule has 2 N–H and O–H groups in total. The van der Waals surface area contributed by atoms with Crippen LogP contribution in [-0.2, 0) is 4.74 Å². The number of alkyl halides is 2. The minimum Gasteiger partial charge on any atom is -0.465 e. The third kappa shape index (κ3) is 2.81. The quantitative estimate of drug-likeness (QED) is 0.641. The lowest BCUT2D eigenvalue weighted by Gasteiger charge is -2.12. The van der Waals surface area contributed by atoms with Crippen molar-refractivity contribution in [1.82, 2.24) is 0 Å². The molecule has 0 aliphatic heterocycles. The lowest BCUT2D eigenvalue weighted by Crippen LogP contribution is -2.11. The Balaban J connectivity index is 3.35. The van der Waals surface area contributed by atoms with E-state index >= 15 is 0 Å². The lowest BCUT2D eigenvalue weighted by molar-refractivity contribution is -0.0498. The number of rotatable bonds is 3. The van der Waals surface area contributed by atoms with E-state index in [9.17, 15) is 13.6 Å². The summed E-state index contributed by atoms with van der Waals surface area (Å²) in [5.41, 5.74) is 4.92. The van der Waals surface area contributed by atoms with Crippen molar-refractivity contribution >= 4 is 11.7 Å². The highest BCUT2D eigenvalue weighted by Crippen LogP contribution is 2.30. The Hall–Kier alpha value is -2.36. The van der Waals surface area contributed by atoms with Crippen LogP contribution >= 0.6 is 0 Å². The Morgan fingerprint density at radius 1 is 1.53 bits per heavy atom. The van der Waals surface area contributed by atoms with Crippen molar-refractivity contribution in [2.75, 3.05) is 12.8 Å². The van der Waals surface area contributed by atoms with Gasteiger partial charge < -0.3 is 15.2 Å². The van der Waals surface area contributed by atoms with Gasteiger partial charge in [-0.2, -0.15) is 14.0 Å². The molecule has 0 aromatic heterocycles. The zero-order valence-corrected chi connectivity index (χ0v) is 8.74. The monoisotopic (exact) mass is 242 g/mol. The number of nitrogens with zero attached hydrogens (tertiary/aromatic N) is 1. The average Bonchev–Trinajstić information content (AvgIpc) is 2.29. The molecule has 0 atom stereocenters. The van der Waals surface area contributed by atoms with Gasteiger partial charge in [-0.25, -0.2) is 4.79 Å². The Kier molecular flexibility index (Phi) is 3.82. The second-order valence-corrected chi connectivity index (χ2v) is 2.92. The van der Waals surface area contributed by atoms with Crippen molar-refractivity contribution in [2.45, 2.75) is 6.61 Å². The van der Waals surface area contributed by atoms with Gasteiger partial charge in [0.05, 0.1) is 24.4 Å². The summed E-state index contributed by atoms with van der Waals surface area (Å²) in [6.45, 7) is -3.13. The minimum atomic E-state index is -3.13. The molecular formula is C10H8F2N2O3. The molecule has 0 spiro atoms. The molecule has 0 saturated heterocycles. The summed E-state index contributed by atoms with van der Waals surface area (Å²) in [6.07, 6.45) is 0. The predicted octanol–water partition coefficient (Wildman–Crippen LogP) is 1.53. The van der Waals surface area contributed by atoms with Crippen LogP contribution in [-0.4, -0.2) is 19.7 Å². The number of esters is 1. The van der Waals surface area contributed by atoms with Crippen LogP contribution in [0.4, 0.5) is 14.5 Å². The summed E-state index contributed by atoms with van der Waals surface area (Å²) in [5, 5.41) is 8.67. The molecule has 1 aromatic carbocycles. The molecule has 0 aliphatic rings. The number of carbonyl (C=O) groups excluding carboxylic acids is 1. The van der Waals surface area contributed by atoms with Crippen molar-refractivity contribution in [3.63, 3.8) is 0 Å². The van der Waals surface area contributed by atoms with Crippen molar-refractivity contribution < 1.29 is 23.0 Å². The first-order chi connectivity index (χ1) is 7.99. The Morgan fingerprint density at radius 3 is 2.65 bits per heavy atom.